The van der Waals surface area contributed by atoms with Crippen LogP contribution in [0, 0.1) is 0 Å². The van der Waals surface area contributed by atoms with E-state index < -0.39 is 0 Å². The first kappa shape index (κ1) is 17.7. The molecule has 0 spiro atoms. The van der Waals surface area contributed by atoms with Crippen molar-refractivity contribution in [1.82, 2.24) is 0 Å². The van der Waals surface area contributed by atoms with Crippen molar-refractivity contribution in [3.05, 3.63) is 12.7 Å². The zero-order valence-corrected chi connectivity index (χ0v) is 8.23. The summed E-state index contributed by atoms with van der Waals surface area (Å²) in [5.74, 6) is 0. The molecule has 0 amide bonds. The second-order valence-corrected chi connectivity index (χ2v) is 2.08. The van der Waals surface area contributed by atoms with E-state index in [0.717, 1.165) is 13.2 Å². The number of rotatable bonds is 0. The van der Waals surface area contributed by atoms with Crippen LogP contribution in [-0.2, 0) is 4.74 Å². The SMILES string of the molecule is C.C1CCOCC1.C=CC.CC. The van der Waals surface area contributed by atoms with E-state index in [-0.39, 0.29) is 7.43 Å². The summed E-state index contributed by atoms with van der Waals surface area (Å²) in [6.45, 7) is 11.2. The minimum Gasteiger partial charge on any atom is -0.381 e. The second-order valence-electron chi connectivity index (χ2n) is 2.08. The fourth-order valence-corrected chi connectivity index (χ4v) is 0.687. The Kier molecular flexibility index (Phi) is 33.1. The van der Waals surface area contributed by atoms with Crippen LogP contribution in [-0.4, -0.2) is 13.2 Å². The quantitative estimate of drug-likeness (QED) is 0.504. The number of allylic oxidation sites excluding steroid dienone is 1. The van der Waals surface area contributed by atoms with E-state index in [9.17, 15) is 0 Å². The average Bonchev–Trinajstić information content (AvgIpc) is 2.12. The largest absolute Gasteiger partial charge is 0.381 e. The van der Waals surface area contributed by atoms with Gasteiger partial charge in [0.25, 0.3) is 0 Å². The molecular formula is C11H26O. The Morgan fingerprint density at radius 1 is 1.08 bits per heavy atom. The first-order chi connectivity index (χ1) is 5.41. The van der Waals surface area contributed by atoms with E-state index >= 15 is 0 Å². The van der Waals surface area contributed by atoms with Crippen molar-refractivity contribution in [2.24, 2.45) is 0 Å². The number of hydrogen-bond acceptors (Lipinski definition) is 1. The van der Waals surface area contributed by atoms with E-state index in [1.807, 2.05) is 20.8 Å². The van der Waals surface area contributed by atoms with Gasteiger partial charge in [0.05, 0.1) is 0 Å². The third-order valence-electron chi connectivity index (χ3n) is 1.08. The second kappa shape index (κ2) is 22.4. The van der Waals surface area contributed by atoms with E-state index in [1.165, 1.54) is 19.3 Å². The summed E-state index contributed by atoms with van der Waals surface area (Å²) in [5.41, 5.74) is 0. The lowest BCUT2D eigenvalue weighted by molar-refractivity contribution is 0.0968. The Hall–Kier alpha value is -0.300. The lowest BCUT2D eigenvalue weighted by Gasteiger charge is -2.08. The molecule has 1 heterocycles. The lowest BCUT2D eigenvalue weighted by atomic mass is 10.2. The standard InChI is InChI=1S/C5H10O.C3H6.C2H6.CH4/c1-2-4-6-5-3-1;1-3-2;1-2;/h1-5H2;3H,1H2,2H3;1-2H3;1H4. The summed E-state index contributed by atoms with van der Waals surface area (Å²) in [4.78, 5) is 0. The van der Waals surface area contributed by atoms with Crippen LogP contribution in [0.1, 0.15) is 47.5 Å². The van der Waals surface area contributed by atoms with Gasteiger partial charge in [-0.2, -0.15) is 0 Å². The van der Waals surface area contributed by atoms with Crippen molar-refractivity contribution >= 4 is 0 Å². The van der Waals surface area contributed by atoms with Crippen molar-refractivity contribution in [3.63, 3.8) is 0 Å². The van der Waals surface area contributed by atoms with Gasteiger partial charge in [-0.25, -0.2) is 0 Å². The van der Waals surface area contributed by atoms with E-state index in [2.05, 4.69) is 6.58 Å². The summed E-state index contributed by atoms with van der Waals surface area (Å²) in [5, 5.41) is 0. The van der Waals surface area contributed by atoms with Crippen LogP contribution >= 0.6 is 0 Å². The Morgan fingerprint density at radius 2 is 1.42 bits per heavy atom. The van der Waals surface area contributed by atoms with Gasteiger partial charge in [-0.15, -0.1) is 6.58 Å². The number of ether oxygens (including phenoxy) is 1. The molecule has 0 aromatic rings. The monoisotopic (exact) mass is 174 g/mol. The molecule has 0 N–H and O–H groups in total. The first-order valence-corrected chi connectivity index (χ1v) is 4.56. The van der Waals surface area contributed by atoms with Crippen molar-refractivity contribution in [2.75, 3.05) is 13.2 Å². The fourth-order valence-electron chi connectivity index (χ4n) is 0.687. The molecule has 0 unspecified atom stereocenters. The summed E-state index contributed by atoms with van der Waals surface area (Å²) < 4.78 is 5.07. The highest BCUT2D eigenvalue weighted by Crippen LogP contribution is 2.02. The molecule has 0 aromatic heterocycles. The van der Waals surface area contributed by atoms with Gasteiger partial charge in [0.2, 0.25) is 0 Å². The summed E-state index contributed by atoms with van der Waals surface area (Å²) >= 11 is 0. The summed E-state index contributed by atoms with van der Waals surface area (Å²) in [6.07, 6.45) is 5.68. The van der Waals surface area contributed by atoms with Crippen LogP contribution in [0.3, 0.4) is 0 Å². The van der Waals surface area contributed by atoms with Gasteiger partial charge >= 0.3 is 0 Å². The Morgan fingerprint density at radius 3 is 1.50 bits per heavy atom. The third-order valence-corrected chi connectivity index (χ3v) is 1.08. The first-order valence-electron chi connectivity index (χ1n) is 4.56. The van der Waals surface area contributed by atoms with Crippen molar-refractivity contribution in [3.8, 4) is 0 Å². The Balaban J connectivity index is -0.000000119. The Bertz CT molecular complexity index is 44.5. The summed E-state index contributed by atoms with van der Waals surface area (Å²) in [6, 6.07) is 0. The van der Waals surface area contributed by atoms with Crippen LogP contribution in [0.15, 0.2) is 12.7 Å². The molecule has 12 heavy (non-hydrogen) atoms. The predicted octanol–water partition coefficient (Wildman–Crippen LogP) is 4.04. The smallest absolute Gasteiger partial charge is 0.0466 e. The molecule has 0 aliphatic carbocycles. The molecule has 1 heteroatoms. The van der Waals surface area contributed by atoms with Crippen LogP contribution in [0.2, 0.25) is 0 Å². The lowest BCUT2D eigenvalue weighted by Crippen LogP contribution is -2.03. The fraction of sp³-hybridized carbons (Fsp3) is 0.818. The highest BCUT2D eigenvalue weighted by Gasteiger charge is 1.94. The van der Waals surface area contributed by atoms with Crippen molar-refractivity contribution in [1.29, 1.82) is 0 Å². The van der Waals surface area contributed by atoms with Crippen LogP contribution in [0.25, 0.3) is 0 Å². The van der Waals surface area contributed by atoms with E-state index in [1.54, 1.807) is 6.08 Å². The van der Waals surface area contributed by atoms with Gasteiger partial charge in [-0.1, -0.05) is 27.4 Å². The predicted molar refractivity (Wildman–Crippen MR) is 58.6 cm³/mol. The molecule has 0 aromatic carbocycles. The maximum absolute atomic E-state index is 5.07. The van der Waals surface area contributed by atoms with Gasteiger partial charge in [0, 0.05) is 13.2 Å². The maximum Gasteiger partial charge on any atom is 0.0466 e. The van der Waals surface area contributed by atoms with Gasteiger partial charge in [0.1, 0.15) is 0 Å². The molecule has 0 saturated carbocycles. The zero-order chi connectivity index (χ0) is 8.95. The highest BCUT2D eigenvalue weighted by atomic mass is 16.5. The van der Waals surface area contributed by atoms with Crippen molar-refractivity contribution < 1.29 is 4.74 Å². The Labute approximate surface area is 78.8 Å². The normalized spacial score (nSPS) is 13.6. The molecule has 1 nitrogen and oxygen atoms in total. The molecule has 0 atom stereocenters. The topological polar surface area (TPSA) is 9.23 Å². The van der Waals surface area contributed by atoms with Gasteiger partial charge < -0.3 is 4.74 Å². The minimum atomic E-state index is 0. The molecule has 1 saturated heterocycles. The average molecular weight is 174 g/mol. The van der Waals surface area contributed by atoms with Gasteiger partial charge in [-0.05, 0) is 26.2 Å². The van der Waals surface area contributed by atoms with Gasteiger partial charge in [0.15, 0.2) is 0 Å². The van der Waals surface area contributed by atoms with Crippen LogP contribution < -0.4 is 0 Å². The van der Waals surface area contributed by atoms with Crippen LogP contribution in [0.5, 0.6) is 0 Å². The molecule has 0 radical (unpaired) electrons. The molecule has 1 rings (SSSR count). The maximum atomic E-state index is 5.07. The van der Waals surface area contributed by atoms with E-state index in [4.69, 9.17) is 4.74 Å². The van der Waals surface area contributed by atoms with Gasteiger partial charge in [-0.3, -0.25) is 0 Å². The molecule has 1 aliphatic rings. The number of hydrogen-bond donors (Lipinski definition) is 0. The molecular weight excluding hydrogens is 148 g/mol. The zero-order valence-electron chi connectivity index (χ0n) is 8.23. The molecule has 76 valence electrons. The minimum absolute atomic E-state index is 0. The summed E-state index contributed by atoms with van der Waals surface area (Å²) in [7, 11) is 0. The molecule has 0 bridgehead atoms. The third kappa shape index (κ3) is 22.6. The highest BCUT2D eigenvalue weighted by molar-refractivity contribution is 4.51. The molecule has 1 aliphatic heterocycles. The van der Waals surface area contributed by atoms with Crippen LogP contribution in [0.4, 0.5) is 0 Å². The van der Waals surface area contributed by atoms with E-state index in [0.29, 0.717) is 0 Å². The molecule has 1 fully saturated rings. The van der Waals surface area contributed by atoms with Crippen molar-refractivity contribution in [2.45, 2.75) is 47.5 Å².